The van der Waals surface area contributed by atoms with E-state index in [-0.39, 0.29) is 30.1 Å². The number of amides is 1. The lowest BCUT2D eigenvalue weighted by Crippen LogP contribution is -2.41. The van der Waals surface area contributed by atoms with Gasteiger partial charge in [-0.2, -0.15) is 0 Å². The largest absolute Gasteiger partial charge is 0.348 e. The lowest BCUT2D eigenvalue weighted by molar-refractivity contribution is 0.0931. The quantitative estimate of drug-likeness (QED) is 0.790. The molecule has 0 aromatic heterocycles. The number of hydrogen-bond donors (Lipinski definition) is 2. The van der Waals surface area contributed by atoms with Crippen LogP contribution in [0.3, 0.4) is 0 Å². The van der Waals surface area contributed by atoms with Crippen molar-refractivity contribution < 1.29 is 9.59 Å². The molecule has 0 bridgehead atoms. The van der Waals surface area contributed by atoms with Crippen molar-refractivity contribution in [3.63, 3.8) is 0 Å². The molecule has 1 aromatic carbocycles. The van der Waals surface area contributed by atoms with Gasteiger partial charge in [-0.05, 0) is 30.9 Å². The number of halogens is 1. The molecule has 1 unspecified atom stereocenters. The molecular weight excluding hydrogens is 276 g/mol. The molecule has 1 atom stereocenters. The van der Waals surface area contributed by atoms with Gasteiger partial charge in [0.2, 0.25) is 0 Å². The molecule has 1 aliphatic carbocycles. The van der Waals surface area contributed by atoms with Crippen LogP contribution in [0.1, 0.15) is 46.9 Å². The third kappa shape index (κ3) is 4.05. The average molecular weight is 297 g/mol. The van der Waals surface area contributed by atoms with E-state index < -0.39 is 0 Å². The Bertz CT molecular complexity index is 469. The highest BCUT2D eigenvalue weighted by molar-refractivity contribution is 5.98. The van der Waals surface area contributed by atoms with Gasteiger partial charge in [0.15, 0.2) is 5.78 Å². The Morgan fingerprint density at radius 1 is 1.25 bits per heavy atom. The minimum Gasteiger partial charge on any atom is -0.348 e. The molecule has 0 heterocycles. The van der Waals surface area contributed by atoms with Crippen LogP contribution in [0.2, 0.25) is 0 Å². The smallest absolute Gasteiger partial charge is 0.251 e. The summed E-state index contributed by atoms with van der Waals surface area (Å²) >= 11 is 0. The van der Waals surface area contributed by atoms with Crippen molar-refractivity contribution in [3.8, 4) is 0 Å². The second-order valence-corrected chi connectivity index (χ2v) is 5.01. The number of carbonyl (C=O) groups is 2. The van der Waals surface area contributed by atoms with Gasteiger partial charge >= 0.3 is 0 Å². The molecule has 1 saturated carbocycles. The van der Waals surface area contributed by atoms with Crippen molar-refractivity contribution in [2.75, 3.05) is 6.54 Å². The Kier molecular flexibility index (Phi) is 6.17. The van der Waals surface area contributed by atoms with E-state index in [1.807, 2.05) is 6.92 Å². The van der Waals surface area contributed by atoms with Crippen LogP contribution in [0.4, 0.5) is 0 Å². The molecule has 110 valence electrons. The number of nitrogens with two attached hydrogens (primary N) is 1. The summed E-state index contributed by atoms with van der Waals surface area (Å²) in [6.45, 7) is 2.30. The first kappa shape index (κ1) is 16.7. The minimum atomic E-state index is -0.113. The molecule has 1 fully saturated rings. The molecule has 4 nitrogen and oxygen atoms in total. The van der Waals surface area contributed by atoms with Gasteiger partial charge in [0.05, 0.1) is 0 Å². The van der Waals surface area contributed by atoms with E-state index in [0.717, 1.165) is 12.8 Å². The van der Waals surface area contributed by atoms with E-state index in [9.17, 15) is 9.59 Å². The number of benzene rings is 1. The lowest BCUT2D eigenvalue weighted by Gasteiger charge is -2.16. The maximum absolute atomic E-state index is 12.0. The lowest BCUT2D eigenvalue weighted by atomic mass is 10.1. The van der Waals surface area contributed by atoms with Crippen LogP contribution in [0.25, 0.3) is 0 Å². The topological polar surface area (TPSA) is 72.2 Å². The van der Waals surface area contributed by atoms with Crippen molar-refractivity contribution in [1.82, 2.24) is 5.32 Å². The number of hydrogen-bond acceptors (Lipinski definition) is 3. The molecule has 2 rings (SSSR count). The Hall–Kier alpha value is -1.39. The number of ketones is 1. The predicted molar refractivity (Wildman–Crippen MR) is 81.3 cm³/mol. The predicted octanol–water partition coefficient (Wildman–Crippen LogP) is 2.17. The van der Waals surface area contributed by atoms with Crippen molar-refractivity contribution >= 4 is 24.1 Å². The Morgan fingerprint density at radius 2 is 1.80 bits per heavy atom. The Labute approximate surface area is 125 Å². The first-order valence-corrected chi connectivity index (χ1v) is 6.80. The first-order chi connectivity index (χ1) is 9.15. The molecular formula is C15H21ClN2O2. The molecule has 0 saturated heterocycles. The highest BCUT2D eigenvalue weighted by Crippen LogP contribution is 2.32. The zero-order valence-electron chi connectivity index (χ0n) is 11.6. The standard InChI is InChI=1S/C15H20N2O2.ClH/c1-2-14(18)11-5-7-12(8-6-11)15(19)17-13(9-16)10-3-4-10;/h5-8,10,13H,2-4,9,16H2,1H3,(H,17,19);1H. The Balaban J connectivity index is 0.00000200. The zero-order chi connectivity index (χ0) is 13.8. The highest BCUT2D eigenvalue weighted by Gasteiger charge is 2.31. The second kappa shape index (κ2) is 7.41. The van der Waals surface area contributed by atoms with Crippen LogP contribution in [0, 0.1) is 5.92 Å². The van der Waals surface area contributed by atoms with Crippen molar-refractivity contribution in [2.45, 2.75) is 32.2 Å². The van der Waals surface area contributed by atoms with Crippen LogP contribution in [-0.4, -0.2) is 24.3 Å². The SMILES string of the molecule is CCC(=O)c1ccc(C(=O)NC(CN)C2CC2)cc1.Cl. The second-order valence-electron chi connectivity index (χ2n) is 5.01. The third-order valence-corrected chi connectivity index (χ3v) is 3.55. The summed E-state index contributed by atoms with van der Waals surface area (Å²) in [5.74, 6) is 0.512. The first-order valence-electron chi connectivity index (χ1n) is 6.80. The minimum absolute atomic E-state index is 0. The maximum Gasteiger partial charge on any atom is 0.251 e. The summed E-state index contributed by atoms with van der Waals surface area (Å²) in [7, 11) is 0. The molecule has 0 spiro atoms. The molecule has 5 heteroatoms. The van der Waals surface area contributed by atoms with E-state index in [0.29, 0.717) is 30.0 Å². The van der Waals surface area contributed by atoms with Crippen LogP contribution >= 0.6 is 12.4 Å². The van der Waals surface area contributed by atoms with Gasteiger partial charge in [-0.1, -0.05) is 19.1 Å². The van der Waals surface area contributed by atoms with Gasteiger partial charge in [0, 0.05) is 30.1 Å². The Morgan fingerprint density at radius 3 is 2.25 bits per heavy atom. The van der Waals surface area contributed by atoms with Gasteiger partial charge in [0.25, 0.3) is 5.91 Å². The zero-order valence-corrected chi connectivity index (χ0v) is 12.4. The third-order valence-electron chi connectivity index (χ3n) is 3.55. The molecule has 1 amide bonds. The van der Waals surface area contributed by atoms with Gasteiger partial charge in [0.1, 0.15) is 0 Å². The molecule has 1 aromatic rings. The van der Waals surface area contributed by atoms with Crippen LogP contribution < -0.4 is 11.1 Å². The van der Waals surface area contributed by atoms with Crippen molar-refractivity contribution in [2.24, 2.45) is 11.7 Å². The molecule has 20 heavy (non-hydrogen) atoms. The fourth-order valence-electron chi connectivity index (χ4n) is 2.13. The maximum atomic E-state index is 12.0. The van der Waals surface area contributed by atoms with Gasteiger partial charge in [-0.15, -0.1) is 12.4 Å². The monoisotopic (exact) mass is 296 g/mol. The fraction of sp³-hybridized carbons (Fsp3) is 0.467. The van der Waals surface area contributed by atoms with E-state index in [1.54, 1.807) is 24.3 Å². The van der Waals surface area contributed by atoms with Crippen LogP contribution in [0.5, 0.6) is 0 Å². The summed E-state index contributed by atoms with van der Waals surface area (Å²) in [4.78, 5) is 23.5. The summed E-state index contributed by atoms with van der Waals surface area (Å²) in [6, 6.07) is 6.87. The highest BCUT2D eigenvalue weighted by atomic mass is 35.5. The van der Waals surface area contributed by atoms with Gasteiger partial charge in [-0.25, -0.2) is 0 Å². The molecule has 0 aliphatic heterocycles. The molecule has 0 radical (unpaired) electrons. The average Bonchev–Trinajstić information content (AvgIpc) is 3.28. The van der Waals surface area contributed by atoms with E-state index >= 15 is 0 Å². The fourth-order valence-corrected chi connectivity index (χ4v) is 2.13. The number of rotatable bonds is 6. The summed E-state index contributed by atoms with van der Waals surface area (Å²) < 4.78 is 0. The summed E-state index contributed by atoms with van der Waals surface area (Å²) in [5.41, 5.74) is 6.89. The van der Waals surface area contributed by atoms with Gasteiger partial charge in [-0.3, -0.25) is 9.59 Å². The van der Waals surface area contributed by atoms with Gasteiger partial charge < -0.3 is 11.1 Å². The molecule has 3 N–H and O–H groups in total. The molecule has 1 aliphatic rings. The van der Waals surface area contributed by atoms with E-state index in [4.69, 9.17) is 5.73 Å². The summed E-state index contributed by atoms with van der Waals surface area (Å²) in [6.07, 6.45) is 2.76. The van der Waals surface area contributed by atoms with Crippen molar-refractivity contribution in [3.05, 3.63) is 35.4 Å². The van der Waals surface area contributed by atoms with Crippen LogP contribution in [0.15, 0.2) is 24.3 Å². The number of carbonyl (C=O) groups excluding carboxylic acids is 2. The van der Waals surface area contributed by atoms with Crippen molar-refractivity contribution in [1.29, 1.82) is 0 Å². The van der Waals surface area contributed by atoms with Crippen LogP contribution in [-0.2, 0) is 0 Å². The summed E-state index contributed by atoms with van der Waals surface area (Å²) in [5, 5.41) is 2.96. The number of nitrogens with one attached hydrogen (secondary N) is 1. The normalized spacial score (nSPS) is 15.1. The van der Waals surface area contributed by atoms with E-state index in [2.05, 4.69) is 5.32 Å². The van der Waals surface area contributed by atoms with E-state index in [1.165, 1.54) is 0 Å². The number of Topliss-reactive ketones (excluding diaryl/α,β-unsaturated/α-hetero) is 1.